The highest BCUT2D eigenvalue weighted by Gasteiger charge is 2.25. The Morgan fingerprint density at radius 2 is 0.722 bits per heavy atom. The van der Waals surface area contributed by atoms with Crippen LogP contribution in [-0.2, 0) is 0 Å². The summed E-state index contributed by atoms with van der Waals surface area (Å²) in [7, 11) is 1.71. The van der Waals surface area contributed by atoms with E-state index in [1.165, 1.54) is 0 Å². The molecule has 0 aliphatic rings. The summed E-state index contributed by atoms with van der Waals surface area (Å²) in [5.74, 6) is 1.23. The summed E-state index contributed by atoms with van der Waals surface area (Å²) in [6.45, 7) is 8.96. The molecular weight excluding hydrogens is 879 g/mol. The second kappa shape index (κ2) is 17.6. The van der Waals surface area contributed by atoms with E-state index in [0.29, 0.717) is 17.1 Å². The molecule has 72 heavy (non-hydrogen) atoms. The third-order valence-corrected chi connectivity index (χ3v) is 13.9. The number of fused-ring (bicyclic) bond motifs is 6. The first-order chi connectivity index (χ1) is 35.6. The Balaban J connectivity index is 1.15. The molecule has 0 saturated heterocycles. The average Bonchev–Trinajstić information content (AvgIpc) is 3.96. The van der Waals surface area contributed by atoms with Crippen molar-refractivity contribution in [2.45, 2.75) is 0 Å². The number of benzene rings is 10. The highest BCUT2D eigenvalue weighted by Crippen LogP contribution is 2.45. The zero-order chi connectivity index (χ0) is 48.1. The number of methoxy groups -OCH3 is 1. The molecule has 13 aromatic rings. The lowest BCUT2D eigenvalue weighted by molar-refractivity contribution is 0.415. The molecule has 6 heteroatoms. The Morgan fingerprint density at radius 3 is 1.11 bits per heavy atom. The maximum Gasteiger partial charge on any atom is 0.200 e. The minimum absolute atomic E-state index is 0.434. The molecule has 0 aliphatic carbocycles. The summed E-state index contributed by atoms with van der Waals surface area (Å²) in [4.78, 5) is 14.9. The van der Waals surface area contributed by atoms with Crippen molar-refractivity contribution < 1.29 is 4.74 Å². The minimum atomic E-state index is 0.434. The van der Waals surface area contributed by atoms with Gasteiger partial charge in [0.25, 0.3) is 0 Å². The predicted molar refractivity (Wildman–Crippen MR) is 296 cm³/mol. The van der Waals surface area contributed by atoms with Crippen LogP contribution in [0.4, 0.5) is 5.69 Å². The fourth-order valence-corrected chi connectivity index (χ4v) is 10.4. The van der Waals surface area contributed by atoms with Crippen LogP contribution in [0.1, 0.15) is 0 Å². The largest absolute Gasteiger partial charge is 0.497 e. The smallest absolute Gasteiger partial charge is 0.200 e. The summed E-state index contributed by atoms with van der Waals surface area (Å²) in [5, 5.41) is 4.33. The number of hydrogen-bond donors (Lipinski definition) is 0. The molecular formula is C66H43N5O. The second-order valence-electron chi connectivity index (χ2n) is 18.0. The third-order valence-electron chi connectivity index (χ3n) is 13.9. The van der Waals surface area contributed by atoms with Crippen LogP contribution in [0.2, 0.25) is 0 Å². The van der Waals surface area contributed by atoms with Crippen LogP contribution in [0, 0.1) is 6.57 Å². The fourth-order valence-electron chi connectivity index (χ4n) is 10.4. The Bertz CT molecular complexity index is 4080. The Kier molecular flexibility index (Phi) is 10.3. The van der Waals surface area contributed by atoms with Crippen molar-refractivity contribution in [3.8, 4) is 84.4 Å². The molecule has 0 aliphatic heterocycles. The molecule has 0 N–H and O–H groups in total. The lowest BCUT2D eigenvalue weighted by Crippen LogP contribution is -2.05. The van der Waals surface area contributed by atoms with E-state index in [0.717, 1.165) is 117 Å². The van der Waals surface area contributed by atoms with E-state index in [1.54, 1.807) is 7.11 Å². The van der Waals surface area contributed by atoms with Gasteiger partial charge in [0.1, 0.15) is 11.6 Å². The topological polar surface area (TPSA) is 49.2 Å². The van der Waals surface area contributed by atoms with Crippen LogP contribution in [0.15, 0.2) is 243 Å². The van der Waals surface area contributed by atoms with Gasteiger partial charge in [-0.2, -0.15) is 0 Å². The van der Waals surface area contributed by atoms with Gasteiger partial charge >= 0.3 is 0 Å². The van der Waals surface area contributed by atoms with E-state index in [1.807, 2.05) is 60.7 Å². The SMILES string of the molecule is [C-]#[N+]c1cc(-n2c3ccc(-c4ccccc4)cc3c3cc(-c4ccccc4)ccc32)c(-n2c3ccc(OC)cc3c3cc(-c4ccccc4)ccc32)cc1-c1nc(-c2ccccc2)cc(-c2ccccc2)n1. The molecule has 13 rings (SSSR count). The Hall–Kier alpha value is -9.83. The quantitative estimate of drug-likeness (QED) is 0.136. The summed E-state index contributed by atoms with van der Waals surface area (Å²) in [6.07, 6.45) is 0. The van der Waals surface area contributed by atoms with Crippen LogP contribution < -0.4 is 4.74 Å². The van der Waals surface area contributed by atoms with E-state index >= 15 is 0 Å². The highest BCUT2D eigenvalue weighted by atomic mass is 16.5. The molecule has 3 aromatic heterocycles. The van der Waals surface area contributed by atoms with Crippen molar-refractivity contribution >= 4 is 49.3 Å². The Labute approximate surface area is 416 Å². The highest BCUT2D eigenvalue weighted by molar-refractivity contribution is 6.14. The summed E-state index contributed by atoms with van der Waals surface area (Å²) in [6, 6.07) is 84.7. The zero-order valence-corrected chi connectivity index (χ0v) is 39.2. The molecule has 0 unspecified atom stereocenters. The molecule has 0 atom stereocenters. The second-order valence-corrected chi connectivity index (χ2v) is 18.0. The summed E-state index contributed by atoms with van der Waals surface area (Å²) >= 11 is 0. The number of nitrogens with zero attached hydrogens (tertiary/aromatic N) is 5. The van der Waals surface area contributed by atoms with Gasteiger partial charge in [-0.05, 0) is 106 Å². The molecule has 0 radical (unpaired) electrons. The lowest BCUT2D eigenvalue weighted by Gasteiger charge is -2.20. The molecule has 10 aromatic carbocycles. The van der Waals surface area contributed by atoms with E-state index < -0.39 is 0 Å². The van der Waals surface area contributed by atoms with Crippen LogP contribution in [-0.4, -0.2) is 26.2 Å². The van der Waals surface area contributed by atoms with E-state index in [-0.39, 0.29) is 0 Å². The van der Waals surface area contributed by atoms with Gasteiger partial charge in [0.15, 0.2) is 5.69 Å². The van der Waals surface area contributed by atoms with E-state index in [2.05, 4.69) is 196 Å². The number of rotatable bonds is 9. The molecule has 0 amide bonds. The third kappa shape index (κ3) is 7.27. The van der Waals surface area contributed by atoms with Crippen molar-refractivity contribution in [1.29, 1.82) is 0 Å². The molecule has 0 saturated carbocycles. The van der Waals surface area contributed by atoms with Gasteiger partial charge in [-0.25, -0.2) is 14.8 Å². The summed E-state index contributed by atoms with van der Waals surface area (Å²) in [5.41, 5.74) is 17.0. The average molecular weight is 922 g/mol. The van der Waals surface area contributed by atoms with Crippen LogP contribution in [0.5, 0.6) is 5.75 Å². The number of ether oxygens (including phenoxy) is 1. The standard InChI is InChI=1S/C66H43N5O/c1-67-59-42-65(71-60-32-28-48(43-18-8-3-9-19-43)36-52(60)53-37-49(29-33-61(53)71)44-20-10-4-11-21-44)64(40-56(59)66-68-57(46-24-14-6-15-25-46)41-58(69-66)47-26-16-7-17-27-47)70-62-34-30-50(45-22-12-5-13-23-45)38-54(62)55-39-51(72-2)31-35-63(55)70/h3-42H,2H3. The van der Waals surface area contributed by atoms with Gasteiger partial charge in [0, 0.05) is 38.2 Å². The van der Waals surface area contributed by atoms with Gasteiger partial charge < -0.3 is 13.9 Å². The first-order valence-corrected chi connectivity index (χ1v) is 24.0. The van der Waals surface area contributed by atoms with Crippen molar-refractivity contribution in [3.05, 3.63) is 254 Å². The van der Waals surface area contributed by atoms with Crippen molar-refractivity contribution in [2.24, 2.45) is 0 Å². The monoisotopic (exact) mass is 921 g/mol. The first kappa shape index (κ1) is 42.3. The van der Waals surface area contributed by atoms with Crippen molar-refractivity contribution in [2.75, 3.05) is 7.11 Å². The normalized spacial score (nSPS) is 11.4. The zero-order valence-electron chi connectivity index (χ0n) is 39.2. The molecule has 338 valence electrons. The van der Waals surface area contributed by atoms with Gasteiger partial charge in [0.2, 0.25) is 0 Å². The molecule has 0 spiro atoms. The van der Waals surface area contributed by atoms with Crippen LogP contribution >= 0.6 is 0 Å². The Morgan fingerprint density at radius 1 is 0.361 bits per heavy atom. The van der Waals surface area contributed by atoms with E-state index in [4.69, 9.17) is 21.3 Å². The minimum Gasteiger partial charge on any atom is -0.497 e. The number of aromatic nitrogens is 4. The predicted octanol–water partition coefficient (Wildman–Crippen LogP) is 17.2. The molecule has 0 fully saturated rings. The summed E-state index contributed by atoms with van der Waals surface area (Å²) < 4.78 is 10.6. The van der Waals surface area contributed by atoms with Gasteiger partial charge in [-0.3, -0.25) is 0 Å². The van der Waals surface area contributed by atoms with Gasteiger partial charge in [-0.1, -0.05) is 170 Å². The maximum absolute atomic E-state index is 8.96. The fraction of sp³-hybridized carbons (Fsp3) is 0.0152. The number of hydrogen-bond acceptors (Lipinski definition) is 3. The van der Waals surface area contributed by atoms with Crippen LogP contribution in [0.3, 0.4) is 0 Å². The van der Waals surface area contributed by atoms with Crippen molar-refractivity contribution in [3.63, 3.8) is 0 Å². The molecule has 6 nitrogen and oxygen atoms in total. The molecule has 3 heterocycles. The lowest BCUT2D eigenvalue weighted by atomic mass is 10.0. The first-order valence-electron chi connectivity index (χ1n) is 24.0. The van der Waals surface area contributed by atoms with Gasteiger partial charge in [0.05, 0.1) is 58.5 Å². The maximum atomic E-state index is 8.96. The van der Waals surface area contributed by atoms with Crippen molar-refractivity contribution in [1.82, 2.24) is 19.1 Å². The van der Waals surface area contributed by atoms with Gasteiger partial charge in [-0.15, -0.1) is 0 Å². The van der Waals surface area contributed by atoms with Crippen LogP contribution in [0.25, 0.3) is 127 Å². The van der Waals surface area contributed by atoms with E-state index in [9.17, 15) is 0 Å². The molecule has 0 bridgehead atoms.